The number of nitrogens with two attached hydrogens (primary N) is 1. The minimum Gasteiger partial charge on any atom is -0.384 e. The molecule has 8 nitrogen and oxygen atoms in total. The molecule has 1 aromatic heterocycles. The lowest BCUT2D eigenvalue weighted by Crippen LogP contribution is -2.41. The molecule has 1 aliphatic carbocycles. The van der Waals surface area contributed by atoms with Crippen LogP contribution < -0.4 is 16.4 Å². The van der Waals surface area contributed by atoms with E-state index in [0.717, 1.165) is 25.7 Å². The van der Waals surface area contributed by atoms with Crippen molar-refractivity contribution in [1.82, 2.24) is 10.3 Å². The molecule has 0 saturated heterocycles. The zero-order chi connectivity index (χ0) is 18.1. The summed E-state index contributed by atoms with van der Waals surface area (Å²) in [5.74, 6) is 0.223. The van der Waals surface area contributed by atoms with Gasteiger partial charge in [0.2, 0.25) is 11.8 Å². The van der Waals surface area contributed by atoms with E-state index in [1.807, 2.05) is 0 Å². The van der Waals surface area contributed by atoms with Gasteiger partial charge in [-0.25, -0.2) is 4.98 Å². The van der Waals surface area contributed by atoms with Gasteiger partial charge in [-0.2, -0.15) is 0 Å². The molecular formula is C17H26N4O4. The Morgan fingerprint density at radius 3 is 2.64 bits per heavy atom. The molecule has 2 amide bonds. The van der Waals surface area contributed by atoms with Crippen LogP contribution in [0.3, 0.4) is 0 Å². The molecule has 0 spiro atoms. The maximum Gasteiger partial charge on any atom is 0.246 e. The van der Waals surface area contributed by atoms with Gasteiger partial charge in [0.05, 0.1) is 25.1 Å². The molecule has 25 heavy (non-hydrogen) atoms. The fourth-order valence-electron chi connectivity index (χ4n) is 2.80. The van der Waals surface area contributed by atoms with Gasteiger partial charge in [-0.3, -0.25) is 9.59 Å². The van der Waals surface area contributed by atoms with Crippen LogP contribution in [-0.2, 0) is 19.1 Å². The van der Waals surface area contributed by atoms with Crippen molar-refractivity contribution >= 4 is 23.3 Å². The van der Waals surface area contributed by atoms with Crippen LogP contribution in [-0.4, -0.2) is 49.8 Å². The molecular weight excluding hydrogens is 324 g/mol. The van der Waals surface area contributed by atoms with Gasteiger partial charge in [-0.15, -0.1) is 0 Å². The molecule has 8 heteroatoms. The lowest BCUT2D eigenvalue weighted by Gasteiger charge is -2.28. The Kier molecular flexibility index (Phi) is 7.62. The van der Waals surface area contributed by atoms with Crippen molar-refractivity contribution < 1.29 is 19.1 Å². The summed E-state index contributed by atoms with van der Waals surface area (Å²) in [5.41, 5.74) is 6.17. The van der Waals surface area contributed by atoms with E-state index in [4.69, 9.17) is 15.2 Å². The predicted molar refractivity (Wildman–Crippen MR) is 93.9 cm³/mol. The van der Waals surface area contributed by atoms with Crippen LogP contribution in [0.4, 0.5) is 11.5 Å². The average molecular weight is 350 g/mol. The number of nitrogens with zero attached hydrogens (tertiary/aromatic N) is 1. The molecule has 0 bridgehead atoms. The number of nitrogen functional groups attached to an aromatic ring is 1. The third kappa shape index (κ3) is 6.67. The topological polar surface area (TPSA) is 116 Å². The number of anilines is 2. The van der Waals surface area contributed by atoms with Gasteiger partial charge in [-0.1, -0.05) is 0 Å². The van der Waals surface area contributed by atoms with Gasteiger partial charge in [-0.05, 0) is 37.8 Å². The van der Waals surface area contributed by atoms with E-state index in [1.165, 1.54) is 0 Å². The maximum absolute atomic E-state index is 12.3. The lowest BCUT2D eigenvalue weighted by molar-refractivity contribution is -0.127. The summed E-state index contributed by atoms with van der Waals surface area (Å²) in [7, 11) is 1.59. The lowest BCUT2D eigenvalue weighted by atomic mass is 9.85. The van der Waals surface area contributed by atoms with Crippen LogP contribution in [0, 0.1) is 5.92 Å². The summed E-state index contributed by atoms with van der Waals surface area (Å²) in [4.78, 5) is 28.0. The van der Waals surface area contributed by atoms with E-state index >= 15 is 0 Å². The first-order valence-electron chi connectivity index (χ1n) is 8.47. The highest BCUT2D eigenvalue weighted by atomic mass is 16.5. The Balaban J connectivity index is 1.67. The van der Waals surface area contributed by atoms with Gasteiger partial charge < -0.3 is 25.8 Å². The number of pyridine rings is 1. The molecule has 4 N–H and O–H groups in total. The standard InChI is InChI=1S/C17H26N4O4/c1-24-8-9-25-11-16(22)20-13-4-2-12(3-5-13)17(23)21-14-6-7-15(18)19-10-14/h6-7,10,12-13H,2-5,8-9,11H2,1H3,(H2,18,19)(H,20,22)(H,21,23). The first-order valence-corrected chi connectivity index (χ1v) is 8.47. The van der Waals surface area contributed by atoms with Gasteiger partial charge in [0.25, 0.3) is 0 Å². The Hall–Kier alpha value is -2.19. The van der Waals surface area contributed by atoms with Crippen LogP contribution in [0.5, 0.6) is 0 Å². The van der Waals surface area contributed by atoms with E-state index in [0.29, 0.717) is 24.7 Å². The summed E-state index contributed by atoms with van der Waals surface area (Å²) in [6.07, 6.45) is 4.58. The molecule has 0 aliphatic heterocycles. The number of amides is 2. The third-order valence-electron chi connectivity index (χ3n) is 4.18. The van der Waals surface area contributed by atoms with E-state index in [1.54, 1.807) is 25.4 Å². The SMILES string of the molecule is COCCOCC(=O)NC1CCC(C(=O)Nc2ccc(N)nc2)CC1. The summed E-state index contributed by atoms with van der Waals surface area (Å²) >= 11 is 0. The van der Waals surface area contributed by atoms with E-state index in [9.17, 15) is 9.59 Å². The van der Waals surface area contributed by atoms with Crippen molar-refractivity contribution in [2.75, 3.05) is 38.0 Å². The molecule has 1 aromatic rings. The smallest absolute Gasteiger partial charge is 0.246 e. The minimum atomic E-state index is -0.128. The summed E-state index contributed by atoms with van der Waals surface area (Å²) < 4.78 is 10.0. The van der Waals surface area contributed by atoms with Crippen molar-refractivity contribution in [3.05, 3.63) is 18.3 Å². The van der Waals surface area contributed by atoms with Crippen LogP contribution in [0.2, 0.25) is 0 Å². The number of hydrogen-bond donors (Lipinski definition) is 3. The fourth-order valence-corrected chi connectivity index (χ4v) is 2.80. The Morgan fingerprint density at radius 1 is 1.24 bits per heavy atom. The average Bonchev–Trinajstić information content (AvgIpc) is 2.61. The number of aromatic nitrogens is 1. The number of hydrogen-bond acceptors (Lipinski definition) is 6. The summed E-state index contributed by atoms with van der Waals surface area (Å²) in [6.45, 7) is 0.905. The third-order valence-corrected chi connectivity index (χ3v) is 4.18. The van der Waals surface area contributed by atoms with Gasteiger partial charge >= 0.3 is 0 Å². The van der Waals surface area contributed by atoms with E-state index < -0.39 is 0 Å². The number of nitrogens with one attached hydrogen (secondary N) is 2. The van der Waals surface area contributed by atoms with Crippen LogP contribution in [0.15, 0.2) is 18.3 Å². The largest absolute Gasteiger partial charge is 0.384 e. The second-order valence-corrected chi connectivity index (χ2v) is 6.12. The molecule has 0 radical (unpaired) electrons. The molecule has 1 fully saturated rings. The number of carbonyl (C=O) groups excluding carboxylic acids is 2. The normalized spacial score (nSPS) is 20.0. The minimum absolute atomic E-state index is 0.0146. The van der Waals surface area contributed by atoms with Crippen molar-refractivity contribution in [2.45, 2.75) is 31.7 Å². The first kappa shape index (κ1) is 19.1. The molecule has 0 aromatic carbocycles. The van der Waals surface area contributed by atoms with Crippen molar-refractivity contribution in [2.24, 2.45) is 5.92 Å². The second-order valence-electron chi connectivity index (χ2n) is 6.12. The number of rotatable bonds is 8. The van der Waals surface area contributed by atoms with Gasteiger partial charge in [0.15, 0.2) is 0 Å². The van der Waals surface area contributed by atoms with E-state index in [-0.39, 0.29) is 30.4 Å². The second kappa shape index (κ2) is 9.95. The number of ether oxygens (including phenoxy) is 2. The van der Waals surface area contributed by atoms with E-state index in [2.05, 4.69) is 15.6 Å². The summed E-state index contributed by atoms with van der Waals surface area (Å²) in [6, 6.07) is 3.48. The fraction of sp³-hybridized carbons (Fsp3) is 0.588. The highest BCUT2D eigenvalue weighted by Crippen LogP contribution is 2.25. The molecule has 1 saturated carbocycles. The zero-order valence-corrected chi connectivity index (χ0v) is 14.5. The first-order chi connectivity index (χ1) is 12.1. The molecule has 1 aliphatic rings. The van der Waals surface area contributed by atoms with Gasteiger partial charge in [0, 0.05) is 19.1 Å². The Bertz CT molecular complexity index is 556. The highest BCUT2D eigenvalue weighted by Gasteiger charge is 2.27. The predicted octanol–water partition coefficient (Wildman–Crippen LogP) is 0.940. The molecule has 0 atom stereocenters. The van der Waals surface area contributed by atoms with Gasteiger partial charge in [0.1, 0.15) is 12.4 Å². The van der Waals surface area contributed by atoms with Crippen LogP contribution >= 0.6 is 0 Å². The van der Waals surface area contributed by atoms with Crippen LogP contribution in [0.25, 0.3) is 0 Å². The highest BCUT2D eigenvalue weighted by molar-refractivity contribution is 5.92. The molecule has 1 heterocycles. The number of carbonyl (C=O) groups is 2. The Morgan fingerprint density at radius 2 is 2.00 bits per heavy atom. The maximum atomic E-state index is 12.3. The zero-order valence-electron chi connectivity index (χ0n) is 14.5. The monoisotopic (exact) mass is 350 g/mol. The summed E-state index contributed by atoms with van der Waals surface area (Å²) in [5, 5.41) is 5.81. The Labute approximate surface area is 147 Å². The van der Waals surface area contributed by atoms with Crippen molar-refractivity contribution in [1.29, 1.82) is 0 Å². The molecule has 138 valence electrons. The van der Waals surface area contributed by atoms with Crippen molar-refractivity contribution in [3.8, 4) is 0 Å². The molecule has 0 unspecified atom stereocenters. The van der Waals surface area contributed by atoms with Crippen LogP contribution in [0.1, 0.15) is 25.7 Å². The number of methoxy groups -OCH3 is 1. The van der Waals surface area contributed by atoms with Crippen molar-refractivity contribution in [3.63, 3.8) is 0 Å². The quantitative estimate of drug-likeness (QED) is 0.601. The molecule has 2 rings (SSSR count).